The maximum Gasteiger partial charge on any atom is 0.195 e. The number of nitrogens with zero attached hydrogens (tertiary/aromatic N) is 2. The van der Waals surface area contributed by atoms with Crippen molar-refractivity contribution in [3.05, 3.63) is 35.1 Å². The Morgan fingerprint density at radius 2 is 2.06 bits per heavy atom. The molecule has 1 saturated carbocycles. The van der Waals surface area contributed by atoms with Gasteiger partial charge in [-0.05, 0) is 30.5 Å². The second-order valence-corrected chi connectivity index (χ2v) is 5.86. The molecule has 0 atom stereocenters. The molecule has 0 saturated heterocycles. The number of rotatable bonds is 3. The zero-order valence-electron chi connectivity index (χ0n) is 10.5. The predicted molar refractivity (Wildman–Crippen MR) is 74.8 cm³/mol. The van der Waals surface area contributed by atoms with Crippen LogP contribution >= 0.6 is 12.2 Å². The van der Waals surface area contributed by atoms with Crippen LogP contribution in [0, 0.1) is 10.2 Å². The lowest BCUT2D eigenvalue weighted by molar-refractivity contribution is 0.132. The van der Waals surface area contributed by atoms with E-state index in [9.17, 15) is 0 Å². The summed E-state index contributed by atoms with van der Waals surface area (Å²) in [7, 11) is 0. The fourth-order valence-electron chi connectivity index (χ4n) is 2.59. The smallest absolute Gasteiger partial charge is 0.195 e. The summed E-state index contributed by atoms with van der Waals surface area (Å²) in [5.74, 6) is 0.953. The van der Waals surface area contributed by atoms with E-state index in [1.807, 2.05) is 18.2 Å². The van der Waals surface area contributed by atoms with Crippen molar-refractivity contribution >= 4 is 12.2 Å². The maximum absolute atomic E-state index is 5.36. The van der Waals surface area contributed by atoms with Gasteiger partial charge in [0.25, 0.3) is 0 Å². The van der Waals surface area contributed by atoms with Gasteiger partial charge in [-0.15, -0.1) is 0 Å². The molecule has 3 rings (SSSR count). The molecule has 18 heavy (non-hydrogen) atoms. The molecule has 0 aliphatic heterocycles. The number of aromatic nitrogens is 3. The molecule has 94 valence electrons. The van der Waals surface area contributed by atoms with Crippen molar-refractivity contribution in [3.63, 3.8) is 0 Å². The molecular formula is C14H17N3S. The standard InChI is InChI=1S/C14H17N3S/c1-14(8-5-9-14)10-17-12(15-16-13(17)18)11-6-3-2-4-7-11/h2-4,6-7H,5,8-10H2,1H3,(H,16,18). The highest BCUT2D eigenvalue weighted by molar-refractivity contribution is 7.71. The van der Waals surface area contributed by atoms with E-state index in [1.54, 1.807) is 0 Å². The molecule has 1 aromatic carbocycles. The third-order valence-corrected chi connectivity index (χ3v) is 4.20. The van der Waals surface area contributed by atoms with Gasteiger partial charge in [0.15, 0.2) is 10.6 Å². The molecule has 1 fully saturated rings. The first kappa shape index (κ1) is 11.7. The Balaban J connectivity index is 1.99. The molecule has 1 aliphatic rings. The molecule has 0 spiro atoms. The SMILES string of the molecule is CC1(Cn2c(-c3ccccc3)n[nH]c2=S)CCC1. The molecule has 1 heterocycles. The van der Waals surface area contributed by atoms with Crippen LogP contribution in [0.3, 0.4) is 0 Å². The van der Waals surface area contributed by atoms with Crippen molar-refractivity contribution in [3.8, 4) is 11.4 Å². The highest BCUT2D eigenvalue weighted by Gasteiger charge is 2.33. The highest BCUT2D eigenvalue weighted by atomic mass is 32.1. The van der Waals surface area contributed by atoms with E-state index >= 15 is 0 Å². The number of benzene rings is 1. The van der Waals surface area contributed by atoms with E-state index in [0.717, 1.165) is 22.7 Å². The van der Waals surface area contributed by atoms with Gasteiger partial charge in [-0.25, -0.2) is 0 Å². The Hall–Kier alpha value is -1.42. The van der Waals surface area contributed by atoms with Crippen LogP contribution in [-0.2, 0) is 6.54 Å². The van der Waals surface area contributed by atoms with Crippen LogP contribution in [0.4, 0.5) is 0 Å². The summed E-state index contributed by atoms with van der Waals surface area (Å²) in [6.07, 6.45) is 3.91. The molecule has 1 aliphatic carbocycles. The summed E-state index contributed by atoms with van der Waals surface area (Å²) in [5, 5.41) is 7.30. The monoisotopic (exact) mass is 259 g/mol. The zero-order valence-corrected chi connectivity index (χ0v) is 11.3. The summed E-state index contributed by atoms with van der Waals surface area (Å²) in [5.41, 5.74) is 1.51. The van der Waals surface area contributed by atoms with Crippen molar-refractivity contribution in [1.29, 1.82) is 0 Å². The highest BCUT2D eigenvalue weighted by Crippen LogP contribution is 2.42. The minimum absolute atomic E-state index is 0.394. The Morgan fingerprint density at radius 1 is 1.33 bits per heavy atom. The Labute approximate surface area is 112 Å². The first-order valence-electron chi connectivity index (χ1n) is 6.39. The molecule has 0 radical (unpaired) electrons. The van der Waals surface area contributed by atoms with Gasteiger partial charge in [0.2, 0.25) is 0 Å². The van der Waals surface area contributed by atoms with Gasteiger partial charge in [-0.2, -0.15) is 5.10 Å². The normalized spacial score (nSPS) is 17.4. The maximum atomic E-state index is 5.36. The lowest BCUT2D eigenvalue weighted by atomic mass is 9.70. The van der Waals surface area contributed by atoms with Gasteiger partial charge < -0.3 is 0 Å². The number of hydrogen-bond acceptors (Lipinski definition) is 2. The lowest BCUT2D eigenvalue weighted by Crippen LogP contribution is -2.31. The summed E-state index contributed by atoms with van der Waals surface area (Å²) in [4.78, 5) is 0. The van der Waals surface area contributed by atoms with E-state index < -0.39 is 0 Å². The minimum Gasteiger partial charge on any atom is -0.300 e. The van der Waals surface area contributed by atoms with Crippen molar-refractivity contribution in [1.82, 2.24) is 14.8 Å². The Bertz CT molecular complexity index is 593. The second kappa shape index (κ2) is 4.35. The predicted octanol–water partition coefficient (Wildman–Crippen LogP) is 3.80. The van der Waals surface area contributed by atoms with Crippen LogP contribution in [0.15, 0.2) is 30.3 Å². The van der Waals surface area contributed by atoms with Crippen LogP contribution < -0.4 is 0 Å². The van der Waals surface area contributed by atoms with Gasteiger partial charge in [0.05, 0.1) is 0 Å². The van der Waals surface area contributed by atoms with Gasteiger partial charge in [0.1, 0.15) is 0 Å². The Kier molecular flexibility index (Phi) is 2.82. The zero-order chi connectivity index (χ0) is 12.6. The van der Waals surface area contributed by atoms with Crippen molar-refractivity contribution in [2.24, 2.45) is 5.41 Å². The average Bonchev–Trinajstić information content (AvgIpc) is 2.70. The Morgan fingerprint density at radius 3 is 2.67 bits per heavy atom. The largest absolute Gasteiger partial charge is 0.300 e. The summed E-state index contributed by atoms with van der Waals surface area (Å²) in [6.45, 7) is 3.30. The first-order valence-corrected chi connectivity index (χ1v) is 6.79. The molecule has 3 nitrogen and oxygen atoms in total. The summed E-state index contributed by atoms with van der Waals surface area (Å²) in [6, 6.07) is 10.2. The first-order chi connectivity index (χ1) is 8.68. The van der Waals surface area contributed by atoms with Crippen molar-refractivity contribution in [2.75, 3.05) is 0 Å². The number of nitrogens with one attached hydrogen (secondary N) is 1. The van der Waals surface area contributed by atoms with E-state index in [2.05, 4.69) is 33.8 Å². The number of hydrogen-bond donors (Lipinski definition) is 1. The van der Waals surface area contributed by atoms with Gasteiger partial charge >= 0.3 is 0 Å². The topological polar surface area (TPSA) is 33.6 Å². The molecule has 2 aromatic rings. The summed E-state index contributed by atoms with van der Waals surface area (Å²) < 4.78 is 2.87. The van der Waals surface area contributed by atoms with E-state index in [1.165, 1.54) is 19.3 Å². The van der Waals surface area contributed by atoms with E-state index in [0.29, 0.717) is 5.41 Å². The number of H-pyrrole nitrogens is 1. The van der Waals surface area contributed by atoms with Gasteiger partial charge in [0, 0.05) is 12.1 Å². The van der Waals surface area contributed by atoms with Crippen LogP contribution in [0.25, 0.3) is 11.4 Å². The molecule has 0 bridgehead atoms. The van der Waals surface area contributed by atoms with E-state index in [4.69, 9.17) is 12.2 Å². The second-order valence-electron chi connectivity index (χ2n) is 5.47. The van der Waals surface area contributed by atoms with Crippen molar-refractivity contribution in [2.45, 2.75) is 32.7 Å². The van der Waals surface area contributed by atoms with Gasteiger partial charge in [-0.3, -0.25) is 9.67 Å². The molecule has 4 heteroatoms. The van der Waals surface area contributed by atoms with Crippen LogP contribution in [0.5, 0.6) is 0 Å². The minimum atomic E-state index is 0.394. The molecule has 0 unspecified atom stereocenters. The quantitative estimate of drug-likeness (QED) is 0.851. The fourth-order valence-corrected chi connectivity index (χ4v) is 2.79. The average molecular weight is 259 g/mol. The third-order valence-electron chi connectivity index (χ3n) is 3.89. The number of aromatic amines is 1. The fraction of sp³-hybridized carbons (Fsp3) is 0.429. The lowest BCUT2D eigenvalue weighted by Gasteiger charge is -2.38. The third kappa shape index (κ3) is 2.01. The molecular weight excluding hydrogens is 242 g/mol. The molecule has 1 aromatic heterocycles. The van der Waals surface area contributed by atoms with E-state index in [-0.39, 0.29) is 0 Å². The molecule has 1 N–H and O–H groups in total. The van der Waals surface area contributed by atoms with Crippen LogP contribution in [0.2, 0.25) is 0 Å². The summed E-state index contributed by atoms with van der Waals surface area (Å²) >= 11 is 5.36. The van der Waals surface area contributed by atoms with Crippen LogP contribution in [0.1, 0.15) is 26.2 Å². The van der Waals surface area contributed by atoms with Crippen molar-refractivity contribution < 1.29 is 0 Å². The van der Waals surface area contributed by atoms with Crippen LogP contribution in [-0.4, -0.2) is 14.8 Å². The van der Waals surface area contributed by atoms with Gasteiger partial charge in [-0.1, -0.05) is 43.7 Å². The molecule has 0 amide bonds.